The van der Waals surface area contributed by atoms with Gasteiger partial charge < -0.3 is 9.47 Å². The van der Waals surface area contributed by atoms with Gasteiger partial charge in [0.15, 0.2) is 0 Å². The van der Waals surface area contributed by atoms with Crippen molar-refractivity contribution in [2.24, 2.45) is 0 Å². The minimum absolute atomic E-state index is 0.0100. The number of nitrogens with zero attached hydrogens (tertiary/aromatic N) is 3. The van der Waals surface area contributed by atoms with Crippen molar-refractivity contribution in [1.29, 1.82) is 0 Å². The van der Waals surface area contributed by atoms with Crippen LogP contribution >= 0.6 is 0 Å². The maximum Gasteiger partial charge on any atom is 0.258 e. The van der Waals surface area contributed by atoms with Crippen LogP contribution in [0.1, 0.15) is 16.7 Å². The Hall–Kier alpha value is -3.18. The molecule has 0 aliphatic carbocycles. The molecule has 0 radical (unpaired) electrons. The molecule has 2 aliphatic heterocycles. The van der Waals surface area contributed by atoms with Crippen LogP contribution < -0.4 is 5.56 Å². The van der Waals surface area contributed by atoms with Crippen molar-refractivity contribution in [3.05, 3.63) is 87.7 Å². The average Bonchev–Trinajstić information content (AvgIpc) is 3.22. The van der Waals surface area contributed by atoms with Crippen LogP contribution in [0.25, 0.3) is 17.0 Å². The maximum atomic E-state index is 12.8. The maximum absolute atomic E-state index is 12.8. The molecule has 30 heavy (non-hydrogen) atoms. The molecule has 1 fully saturated rings. The predicted octanol–water partition coefficient (Wildman–Crippen LogP) is 2.92. The van der Waals surface area contributed by atoms with Gasteiger partial charge in [-0.15, -0.1) is 0 Å². The van der Waals surface area contributed by atoms with E-state index >= 15 is 0 Å². The third-order valence-electron chi connectivity index (χ3n) is 6.17. The zero-order valence-corrected chi connectivity index (χ0v) is 17.0. The smallest absolute Gasteiger partial charge is 0.258 e. The molecule has 0 spiro atoms. The minimum Gasteiger partial charge on any atom is -0.337 e. The summed E-state index contributed by atoms with van der Waals surface area (Å²) >= 11 is 0. The van der Waals surface area contributed by atoms with Gasteiger partial charge in [-0.2, -0.15) is 0 Å². The molecule has 5 nitrogen and oxygen atoms in total. The highest BCUT2D eigenvalue weighted by molar-refractivity contribution is 5.93. The van der Waals surface area contributed by atoms with Crippen LogP contribution in [0, 0.1) is 0 Å². The Morgan fingerprint density at radius 2 is 1.73 bits per heavy atom. The van der Waals surface area contributed by atoms with Crippen molar-refractivity contribution in [2.75, 3.05) is 26.2 Å². The first kappa shape index (κ1) is 18.8. The molecule has 0 saturated carbocycles. The van der Waals surface area contributed by atoms with Gasteiger partial charge in [-0.3, -0.25) is 14.5 Å². The molecule has 0 unspecified atom stereocenters. The summed E-state index contributed by atoms with van der Waals surface area (Å²) in [5.74, 6) is -0.0240. The van der Waals surface area contributed by atoms with E-state index in [2.05, 4.69) is 35.2 Å². The Labute approximate surface area is 175 Å². The van der Waals surface area contributed by atoms with E-state index in [4.69, 9.17) is 0 Å². The van der Waals surface area contributed by atoms with Crippen molar-refractivity contribution in [2.45, 2.75) is 19.5 Å². The van der Waals surface area contributed by atoms with Crippen LogP contribution in [0.4, 0.5) is 0 Å². The van der Waals surface area contributed by atoms with Crippen LogP contribution in [0.2, 0.25) is 0 Å². The molecule has 5 rings (SSSR count). The highest BCUT2D eigenvalue weighted by Gasteiger charge is 2.20. The van der Waals surface area contributed by atoms with Gasteiger partial charge in [0.1, 0.15) is 0 Å². The molecule has 1 saturated heterocycles. The van der Waals surface area contributed by atoms with Crippen LogP contribution in [0.3, 0.4) is 0 Å². The molecule has 3 aromatic rings. The predicted molar refractivity (Wildman–Crippen MR) is 119 cm³/mol. The van der Waals surface area contributed by atoms with Crippen LogP contribution in [0.15, 0.2) is 65.5 Å². The summed E-state index contributed by atoms with van der Waals surface area (Å²) in [6.07, 6.45) is 4.14. The molecule has 2 aromatic carbocycles. The number of hydrogen-bond acceptors (Lipinski definition) is 3. The first-order valence-electron chi connectivity index (χ1n) is 10.6. The number of benzene rings is 2. The number of carbonyl (C=O) groups is 1. The largest absolute Gasteiger partial charge is 0.337 e. The Kier molecular flexibility index (Phi) is 4.97. The molecule has 0 N–H and O–H groups in total. The lowest BCUT2D eigenvalue weighted by atomic mass is 10.1. The molecule has 1 aromatic heterocycles. The number of rotatable bonds is 4. The van der Waals surface area contributed by atoms with Gasteiger partial charge in [0.05, 0.1) is 5.52 Å². The summed E-state index contributed by atoms with van der Waals surface area (Å²) in [6.45, 7) is 4.77. The lowest BCUT2D eigenvalue weighted by Crippen LogP contribution is -2.47. The minimum atomic E-state index is -0.0240. The molecule has 5 heteroatoms. The number of amides is 1. The van der Waals surface area contributed by atoms with Gasteiger partial charge in [-0.1, -0.05) is 48.5 Å². The Bertz CT molecular complexity index is 1170. The van der Waals surface area contributed by atoms with E-state index in [1.807, 2.05) is 33.7 Å². The number of hydrogen-bond donors (Lipinski definition) is 0. The van der Waals surface area contributed by atoms with Crippen molar-refractivity contribution < 1.29 is 4.79 Å². The topological polar surface area (TPSA) is 45.6 Å². The lowest BCUT2D eigenvalue weighted by Gasteiger charge is -2.34. The summed E-state index contributed by atoms with van der Waals surface area (Å²) in [5.41, 5.74) is 4.14. The standard InChI is InChI=1S/C25H25N3O2/c29-23(27-15-13-26(14-16-27)18-19-5-2-1-3-6-19)10-9-22-17-21-8-4-7-20-11-12-28(24(20)21)25(22)30/h1-10,17H,11-16,18H2/b10-9+. The second-order valence-corrected chi connectivity index (χ2v) is 8.08. The first-order valence-corrected chi connectivity index (χ1v) is 10.6. The van der Waals surface area contributed by atoms with Crippen LogP contribution in [0.5, 0.6) is 0 Å². The third kappa shape index (κ3) is 3.57. The van der Waals surface area contributed by atoms with Gasteiger partial charge in [-0.25, -0.2) is 0 Å². The molecule has 3 heterocycles. The van der Waals surface area contributed by atoms with Crippen LogP contribution in [-0.2, 0) is 24.3 Å². The highest BCUT2D eigenvalue weighted by atomic mass is 16.2. The van der Waals surface area contributed by atoms with E-state index < -0.39 is 0 Å². The van der Waals surface area contributed by atoms with E-state index in [0.29, 0.717) is 25.2 Å². The van der Waals surface area contributed by atoms with Crippen molar-refractivity contribution in [3.8, 4) is 0 Å². The van der Waals surface area contributed by atoms with Gasteiger partial charge in [0.25, 0.3) is 5.56 Å². The van der Waals surface area contributed by atoms with Gasteiger partial charge in [0, 0.05) is 50.9 Å². The fourth-order valence-corrected chi connectivity index (χ4v) is 4.54. The van der Waals surface area contributed by atoms with Crippen molar-refractivity contribution in [3.63, 3.8) is 0 Å². The molecule has 2 aliphatic rings. The average molecular weight is 399 g/mol. The van der Waals surface area contributed by atoms with E-state index in [0.717, 1.165) is 37.0 Å². The molecule has 0 bridgehead atoms. The first-order chi connectivity index (χ1) is 14.7. The van der Waals surface area contributed by atoms with Crippen molar-refractivity contribution in [1.82, 2.24) is 14.4 Å². The number of aryl methyl sites for hydroxylation is 2. The van der Waals surface area contributed by atoms with E-state index in [1.165, 1.54) is 11.1 Å². The Morgan fingerprint density at radius 1 is 0.933 bits per heavy atom. The molecule has 1 amide bonds. The Balaban J connectivity index is 1.26. The zero-order chi connectivity index (χ0) is 20.5. The van der Waals surface area contributed by atoms with Crippen molar-refractivity contribution >= 4 is 22.9 Å². The molecule has 0 atom stereocenters. The lowest BCUT2D eigenvalue weighted by molar-refractivity contribution is -0.127. The number of piperazine rings is 1. The zero-order valence-electron chi connectivity index (χ0n) is 17.0. The van der Waals surface area contributed by atoms with E-state index in [9.17, 15) is 9.59 Å². The fraction of sp³-hybridized carbons (Fsp3) is 0.280. The fourth-order valence-electron chi connectivity index (χ4n) is 4.54. The molecular weight excluding hydrogens is 374 g/mol. The number of aromatic nitrogens is 1. The van der Waals surface area contributed by atoms with E-state index in [-0.39, 0.29) is 11.5 Å². The SMILES string of the molecule is O=C(/C=C/c1cc2cccc3c2n(c1=O)CC3)N1CCN(Cc2ccccc2)CC1. The normalized spacial score (nSPS) is 16.6. The highest BCUT2D eigenvalue weighted by Crippen LogP contribution is 2.24. The molecule has 152 valence electrons. The summed E-state index contributed by atoms with van der Waals surface area (Å²) in [5, 5.41) is 1.06. The number of para-hydroxylation sites is 1. The summed E-state index contributed by atoms with van der Waals surface area (Å²) in [4.78, 5) is 29.8. The van der Waals surface area contributed by atoms with Gasteiger partial charge in [-0.05, 0) is 35.1 Å². The van der Waals surface area contributed by atoms with E-state index in [1.54, 1.807) is 12.2 Å². The van der Waals surface area contributed by atoms with Gasteiger partial charge in [0.2, 0.25) is 5.91 Å². The number of pyridine rings is 1. The van der Waals surface area contributed by atoms with Gasteiger partial charge >= 0.3 is 0 Å². The summed E-state index contributed by atoms with van der Waals surface area (Å²) in [6, 6.07) is 18.5. The monoisotopic (exact) mass is 399 g/mol. The third-order valence-corrected chi connectivity index (χ3v) is 6.17. The second kappa shape index (κ2) is 7.92. The summed E-state index contributed by atoms with van der Waals surface area (Å²) < 4.78 is 1.84. The number of carbonyl (C=O) groups excluding carboxylic acids is 1. The summed E-state index contributed by atoms with van der Waals surface area (Å²) in [7, 11) is 0. The van der Waals surface area contributed by atoms with Crippen LogP contribution in [-0.4, -0.2) is 46.5 Å². The Morgan fingerprint density at radius 3 is 2.53 bits per heavy atom. The quantitative estimate of drug-likeness (QED) is 0.634. The second-order valence-electron chi connectivity index (χ2n) is 8.08. The molecular formula is C25H25N3O2.